The van der Waals surface area contributed by atoms with Gasteiger partial charge < -0.3 is 4.90 Å². The lowest BCUT2D eigenvalue weighted by molar-refractivity contribution is -0.134. The van der Waals surface area contributed by atoms with Gasteiger partial charge in [0.05, 0.1) is 17.5 Å². The number of carbonyl (C=O) groups is 1. The first-order chi connectivity index (χ1) is 14.0. The zero-order valence-electron chi connectivity index (χ0n) is 16.6. The van der Waals surface area contributed by atoms with Crippen molar-refractivity contribution >= 4 is 15.7 Å². The van der Waals surface area contributed by atoms with Crippen LogP contribution in [-0.2, 0) is 14.6 Å². The molecule has 0 saturated carbocycles. The van der Waals surface area contributed by atoms with Crippen molar-refractivity contribution in [2.75, 3.05) is 37.7 Å². The Morgan fingerprint density at radius 2 is 1.45 bits per heavy atom. The second-order valence-electron chi connectivity index (χ2n) is 8.11. The fourth-order valence-electron chi connectivity index (χ4n) is 4.52. The SMILES string of the molecule is O=C(CC1CCS(=O)(=O)C1)N1CCN(C(c2ccccc2)c2ccccc2)CC1. The highest BCUT2D eigenvalue weighted by Gasteiger charge is 2.32. The van der Waals surface area contributed by atoms with E-state index in [2.05, 4.69) is 53.4 Å². The minimum atomic E-state index is -2.93. The van der Waals surface area contributed by atoms with Gasteiger partial charge in [0.15, 0.2) is 9.84 Å². The maximum absolute atomic E-state index is 12.7. The molecule has 0 N–H and O–H groups in total. The number of hydrogen-bond acceptors (Lipinski definition) is 4. The molecular formula is C23H28N2O3S. The summed E-state index contributed by atoms with van der Waals surface area (Å²) in [7, 11) is -2.93. The van der Waals surface area contributed by atoms with Crippen LogP contribution in [-0.4, -0.2) is 61.8 Å². The van der Waals surface area contributed by atoms with Crippen LogP contribution >= 0.6 is 0 Å². The number of carbonyl (C=O) groups excluding carboxylic acids is 1. The molecule has 0 aromatic heterocycles. The lowest BCUT2D eigenvalue weighted by atomic mass is 9.96. The van der Waals surface area contributed by atoms with Gasteiger partial charge in [0.1, 0.15) is 0 Å². The third kappa shape index (κ3) is 4.87. The molecule has 2 aromatic carbocycles. The maximum Gasteiger partial charge on any atom is 0.222 e. The first-order valence-electron chi connectivity index (χ1n) is 10.3. The molecular weight excluding hydrogens is 384 g/mol. The molecule has 2 aliphatic rings. The van der Waals surface area contributed by atoms with Crippen LogP contribution in [0.3, 0.4) is 0 Å². The lowest BCUT2D eigenvalue weighted by Gasteiger charge is -2.40. The monoisotopic (exact) mass is 412 g/mol. The van der Waals surface area contributed by atoms with Crippen molar-refractivity contribution in [1.82, 2.24) is 9.80 Å². The molecule has 5 nitrogen and oxygen atoms in total. The van der Waals surface area contributed by atoms with E-state index >= 15 is 0 Å². The average molecular weight is 413 g/mol. The first kappa shape index (κ1) is 20.1. The number of amides is 1. The molecule has 1 atom stereocenters. The Hall–Kier alpha value is -2.18. The topological polar surface area (TPSA) is 57.7 Å². The lowest BCUT2D eigenvalue weighted by Crippen LogP contribution is -2.50. The van der Waals surface area contributed by atoms with Crippen LogP contribution in [0.25, 0.3) is 0 Å². The Balaban J connectivity index is 1.41. The van der Waals surface area contributed by atoms with Crippen LogP contribution < -0.4 is 0 Å². The third-order valence-corrected chi connectivity index (χ3v) is 7.89. The molecule has 0 radical (unpaired) electrons. The van der Waals surface area contributed by atoms with Crippen LogP contribution in [0.15, 0.2) is 60.7 Å². The maximum atomic E-state index is 12.7. The predicted octanol–water partition coefficient (Wildman–Crippen LogP) is 2.75. The fraction of sp³-hybridized carbons (Fsp3) is 0.435. The quantitative estimate of drug-likeness (QED) is 0.758. The summed E-state index contributed by atoms with van der Waals surface area (Å²) >= 11 is 0. The average Bonchev–Trinajstić information content (AvgIpc) is 3.08. The van der Waals surface area contributed by atoms with Crippen molar-refractivity contribution < 1.29 is 13.2 Å². The standard InChI is InChI=1S/C23H28N2O3S/c26-22(17-19-11-16-29(27,28)18-19)24-12-14-25(15-13-24)23(20-7-3-1-4-8-20)21-9-5-2-6-10-21/h1-10,19,23H,11-18H2. The Labute approximate surface area is 173 Å². The molecule has 154 valence electrons. The van der Waals surface area contributed by atoms with Crippen molar-refractivity contribution in [1.29, 1.82) is 0 Å². The number of sulfone groups is 1. The van der Waals surface area contributed by atoms with Crippen molar-refractivity contribution in [2.24, 2.45) is 5.92 Å². The summed E-state index contributed by atoms with van der Waals surface area (Å²) in [6, 6.07) is 21.2. The van der Waals surface area contributed by atoms with E-state index in [1.807, 2.05) is 17.0 Å². The molecule has 4 rings (SSSR count). The van der Waals surface area contributed by atoms with Crippen LogP contribution in [0.4, 0.5) is 0 Å². The smallest absolute Gasteiger partial charge is 0.222 e. The van der Waals surface area contributed by atoms with E-state index in [1.165, 1.54) is 11.1 Å². The summed E-state index contributed by atoms with van der Waals surface area (Å²) in [5, 5.41) is 0. The zero-order chi connectivity index (χ0) is 20.3. The molecule has 0 spiro atoms. The van der Waals surface area contributed by atoms with Crippen LogP contribution in [0.5, 0.6) is 0 Å². The third-order valence-electron chi connectivity index (χ3n) is 6.05. The largest absolute Gasteiger partial charge is 0.340 e. The molecule has 2 fully saturated rings. The van der Waals surface area contributed by atoms with Crippen molar-refractivity contribution in [3.63, 3.8) is 0 Å². The molecule has 2 saturated heterocycles. The summed E-state index contributed by atoms with van der Waals surface area (Å²) in [6.07, 6.45) is 0.984. The van der Waals surface area contributed by atoms with Gasteiger partial charge in [-0.1, -0.05) is 60.7 Å². The van der Waals surface area contributed by atoms with E-state index in [1.54, 1.807) is 0 Å². The normalized spacial score (nSPS) is 22.1. The summed E-state index contributed by atoms with van der Waals surface area (Å²) in [5.74, 6) is 0.492. The molecule has 0 aliphatic carbocycles. The van der Waals surface area contributed by atoms with E-state index in [0.717, 1.165) is 13.1 Å². The van der Waals surface area contributed by atoms with E-state index in [9.17, 15) is 13.2 Å². The first-order valence-corrected chi connectivity index (χ1v) is 12.2. The summed E-state index contributed by atoms with van der Waals surface area (Å²) in [6.45, 7) is 3.00. The Morgan fingerprint density at radius 1 is 0.897 bits per heavy atom. The molecule has 2 aromatic rings. The molecule has 1 unspecified atom stereocenters. The Kier molecular flexibility index (Phi) is 6.01. The van der Waals surface area contributed by atoms with Gasteiger partial charge >= 0.3 is 0 Å². The van der Waals surface area contributed by atoms with Crippen LogP contribution in [0, 0.1) is 5.92 Å². The Morgan fingerprint density at radius 3 is 1.93 bits per heavy atom. The van der Waals surface area contributed by atoms with Gasteiger partial charge in [-0.2, -0.15) is 0 Å². The second-order valence-corrected chi connectivity index (χ2v) is 10.3. The predicted molar refractivity (Wildman–Crippen MR) is 114 cm³/mol. The van der Waals surface area contributed by atoms with Gasteiger partial charge in [0.2, 0.25) is 5.91 Å². The van der Waals surface area contributed by atoms with Crippen LogP contribution in [0.2, 0.25) is 0 Å². The number of hydrogen-bond donors (Lipinski definition) is 0. The van der Waals surface area contributed by atoms with E-state index in [4.69, 9.17) is 0 Å². The van der Waals surface area contributed by atoms with Crippen LogP contribution in [0.1, 0.15) is 30.0 Å². The fourth-order valence-corrected chi connectivity index (χ4v) is 6.39. The molecule has 29 heavy (non-hydrogen) atoms. The van der Waals surface area contributed by atoms with E-state index in [0.29, 0.717) is 25.9 Å². The van der Waals surface area contributed by atoms with Crippen molar-refractivity contribution in [3.8, 4) is 0 Å². The number of piperazine rings is 1. The van der Waals surface area contributed by atoms with Gasteiger partial charge in [-0.3, -0.25) is 9.69 Å². The van der Waals surface area contributed by atoms with Gasteiger partial charge in [-0.15, -0.1) is 0 Å². The minimum absolute atomic E-state index is 0.00749. The number of nitrogens with zero attached hydrogens (tertiary/aromatic N) is 2. The molecule has 2 heterocycles. The van der Waals surface area contributed by atoms with Gasteiger partial charge in [0, 0.05) is 32.6 Å². The van der Waals surface area contributed by atoms with Gasteiger partial charge in [0.25, 0.3) is 0 Å². The van der Waals surface area contributed by atoms with Crippen molar-refractivity contribution in [2.45, 2.75) is 18.9 Å². The van der Waals surface area contributed by atoms with Crippen molar-refractivity contribution in [3.05, 3.63) is 71.8 Å². The highest BCUT2D eigenvalue weighted by atomic mass is 32.2. The van der Waals surface area contributed by atoms with E-state index in [-0.39, 0.29) is 29.4 Å². The molecule has 2 aliphatic heterocycles. The summed E-state index contributed by atoms with van der Waals surface area (Å²) in [4.78, 5) is 17.0. The van der Waals surface area contributed by atoms with E-state index < -0.39 is 9.84 Å². The molecule has 6 heteroatoms. The highest BCUT2D eigenvalue weighted by molar-refractivity contribution is 7.91. The minimum Gasteiger partial charge on any atom is -0.340 e. The number of rotatable bonds is 5. The zero-order valence-corrected chi connectivity index (χ0v) is 17.4. The van der Waals surface area contributed by atoms with Gasteiger partial charge in [-0.05, 0) is 23.5 Å². The molecule has 0 bridgehead atoms. The van der Waals surface area contributed by atoms with Gasteiger partial charge in [-0.25, -0.2) is 8.42 Å². The summed E-state index contributed by atoms with van der Waals surface area (Å²) < 4.78 is 23.3. The Bertz CT molecular complexity index is 884. The highest BCUT2D eigenvalue weighted by Crippen LogP contribution is 2.30. The number of benzene rings is 2. The second kappa shape index (κ2) is 8.67. The molecule has 1 amide bonds. The summed E-state index contributed by atoms with van der Waals surface area (Å²) in [5.41, 5.74) is 2.52.